The summed E-state index contributed by atoms with van der Waals surface area (Å²) in [6, 6.07) is 18.3. The molecule has 11 heteroatoms. The van der Waals surface area contributed by atoms with Crippen molar-refractivity contribution in [2.75, 3.05) is 24.0 Å². The zero-order valence-corrected chi connectivity index (χ0v) is 24.5. The Morgan fingerprint density at radius 2 is 1.56 bits per heavy atom. The fraction of sp³-hybridized carbons (Fsp3) is 0.188. The first kappa shape index (κ1) is 28.1. The lowest BCUT2D eigenvalue weighted by molar-refractivity contribution is -0.127. The van der Waals surface area contributed by atoms with Gasteiger partial charge in [-0.3, -0.25) is 24.1 Å². The molecule has 0 aliphatic carbocycles. The zero-order chi connectivity index (χ0) is 30.2. The lowest BCUT2D eigenvalue weighted by Crippen LogP contribution is -2.36. The number of amides is 4. The first-order valence-corrected chi connectivity index (χ1v) is 14.4. The van der Waals surface area contributed by atoms with Gasteiger partial charge in [0.1, 0.15) is 13.1 Å². The van der Waals surface area contributed by atoms with Crippen LogP contribution in [0.25, 0.3) is 17.0 Å². The molecule has 0 bridgehead atoms. The Bertz CT molecular complexity index is 1860. The monoisotopic (exact) mass is 596 g/mol. The molecule has 10 nitrogen and oxygen atoms in total. The third kappa shape index (κ3) is 5.59. The number of aryl methyl sites for hydroxylation is 2. The second-order valence-corrected chi connectivity index (χ2v) is 11.3. The molecule has 43 heavy (non-hydrogen) atoms. The molecule has 1 aromatic heterocycles. The molecule has 6 rings (SSSR count). The number of carbonyl (C=O) groups is 4. The van der Waals surface area contributed by atoms with Gasteiger partial charge in [0, 0.05) is 39.6 Å². The van der Waals surface area contributed by atoms with Gasteiger partial charge >= 0.3 is 0 Å². The molecular formula is C32H28N4O6S. The van der Waals surface area contributed by atoms with Crippen molar-refractivity contribution >= 4 is 63.1 Å². The number of carbonyl (C=O) groups excluding carboxylic acids is 4. The number of benzene rings is 3. The van der Waals surface area contributed by atoms with Crippen LogP contribution < -0.4 is 20.1 Å². The maximum Gasteiger partial charge on any atom is 0.294 e. The molecule has 2 aliphatic rings. The van der Waals surface area contributed by atoms with Crippen LogP contribution in [0, 0.1) is 20.8 Å². The Morgan fingerprint density at radius 3 is 2.35 bits per heavy atom. The Balaban J connectivity index is 1.21. The van der Waals surface area contributed by atoms with E-state index in [9.17, 15) is 19.2 Å². The summed E-state index contributed by atoms with van der Waals surface area (Å²) in [6.45, 7) is 5.55. The summed E-state index contributed by atoms with van der Waals surface area (Å²) in [5.41, 5.74) is 5.57. The molecule has 0 saturated carbocycles. The van der Waals surface area contributed by atoms with Crippen molar-refractivity contribution in [3.63, 3.8) is 0 Å². The van der Waals surface area contributed by atoms with Crippen LogP contribution in [0.15, 0.2) is 65.6 Å². The fourth-order valence-electron chi connectivity index (χ4n) is 5.09. The standard InChI is InChI=1S/C32H28N4O6S/c1-18-8-9-21(12-19(18)2)33-30(38)16-36-31(39)28(43-32(36)40)14-24-20(3)35(25-7-5-4-6-23(24)25)15-29(37)34-22-10-11-26-27(13-22)42-17-41-26/h4-14H,15-17H2,1-3H3,(H,33,38)(H,34,37)/b28-14-. The van der Waals surface area contributed by atoms with E-state index in [4.69, 9.17) is 9.47 Å². The molecule has 218 valence electrons. The van der Waals surface area contributed by atoms with Gasteiger partial charge in [-0.15, -0.1) is 0 Å². The van der Waals surface area contributed by atoms with Crippen molar-refractivity contribution in [1.29, 1.82) is 0 Å². The number of imide groups is 1. The van der Waals surface area contributed by atoms with Crippen molar-refractivity contribution in [2.45, 2.75) is 27.3 Å². The highest BCUT2D eigenvalue weighted by atomic mass is 32.2. The van der Waals surface area contributed by atoms with Crippen LogP contribution in [0.2, 0.25) is 0 Å². The summed E-state index contributed by atoms with van der Waals surface area (Å²) in [6.07, 6.45) is 1.66. The number of para-hydroxylation sites is 1. The summed E-state index contributed by atoms with van der Waals surface area (Å²) < 4.78 is 12.6. The van der Waals surface area contributed by atoms with Crippen LogP contribution in [0.1, 0.15) is 22.4 Å². The summed E-state index contributed by atoms with van der Waals surface area (Å²) in [5.74, 6) is -0.0555. The molecule has 1 fully saturated rings. The smallest absolute Gasteiger partial charge is 0.294 e. The summed E-state index contributed by atoms with van der Waals surface area (Å²) in [4.78, 5) is 53.0. The third-order valence-corrected chi connectivity index (χ3v) is 8.39. The number of anilines is 2. The average Bonchev–Trinajstić information content (AvgIpc) is 3.63. The molecule has 1 saturated heterocycles. The van der Waals surface area contributed by atoms with Crippen LogP contribution in [0.3, 0.4) is 0 Å². The number of hydrogen-bond acceptors (Lipinski definition) is 7. The van der Waals surface area contributed by atoms with E-state index in [1.54, 1.807) is 30.3 Å². The minimum Gasteiger partial charge on any atom is -0.454 e. The second kappa shape index (κ2) is 11.3. The van der Waals surface area contributed by atoms with Gasteiger partial charge in [0.25, 0.3) is 11.1 Å². The van der Waals surface area contributed by atoms with E-state index in [1.807, 2.05) is 61.7 Å². The summed E-state index contributed by atoms with van der Waals surface area (Å²) in [5, 5.41) is 5.97. The van der Waals surface area contributed by atoms with E-state index in [0.717, 1.165) is 49.9 Å². The highest BCUT2D eigenvalue weighted by molar-refractivity contribution is 8.18. The number of fused-ring (bicyclic) bond motifs is 2. The quantitative estimate of drug-likeness (QED) is 0.266. The molecule has 4 aromatic rings. The van der Waals surface area contributed by atoms with Crippen molar-refractivity contribution < 1.29 is 28.7 Å². The molecule has 2 aliphatic heterocycles. The largest absolute Gasteiger partial charge is 0.454 e. The van der Waals surface area contributed by atoms with Gasteiger partial charge in [-0.25, -0.2) is 0 Å². The maximum absolute atomic E-state index is 13.3. The average molecular weight is 597 g/mol. The lowest BCUT2D eigenvalue weighted by atomic mass is 10.1. The lowest BCUT2D eigenvalue weighted by Gasteiger charge is -2.13. The summed E-state index contributed by atoms with van der Waals surface area (Å²) >= 11 is 0.789. The van der Waals surface area contributed by atoms with Gasteiger partial charge in [0.15, 0.2) is 11.5 Å². The molecule has 0 atom stereocenters. The predicted molar refractivity (Wildman–Crippen MR) is 165 cm³/mol. The minimum atomic E-state index is -0.540. The van der Waals surface area contributed by atoms with Crippen molar-refractivity contribution in [3.05, 3.63) is 88.0 Å². The molecule has 3 aromatic carbocycles. The van der Waals surface area contributed by atoms with Gasteiger partial charge in [0.2, 0.25) is 18.6 Å². The predicted octanol–water partition coefficient (Wildman–Crippen LogP) is 5.61. The molecule has 2 N–H and O–H groups in total. The Morgan fingerprint density at radius 1 is 0.860 bits per heavy atom. The van der Waals surface area contributed by atoms with Gasteiger partial charge in [-0.2, -0.15) is 0 Å². The van der Waals surface area contributed by atoms with Crippen LogP contribution in [-0.2, 0) is 20.9 Å². The van der Waals surface area contributed by atoms with Crippen LogP contribution >= 0.6 is 11.8 Å². The van der Waals surface area contributed by atoms with Crippen molar-refractivity contribution in [2.24, 2.45) is 0 Å². The Hall–Kier alpha value is -5.03. The normalized spacial score (nSPS) is 15.0. The third-order valence-electron chi connectivity index (χ3n) is 7.48. The van der Waals surface area contributed by atoms with E-state index in [1.165, 1.54) is 0 Å². The topological polar surface area (TPSA) is 119 Å². The zero-order valence-electron chi connectivity index (χ0n) is 23.7. The van der Waals surface area contributed by atoms with E-state index < -0.39 is 23.6 Å². The SMILES string of the molecule is Cc1ccc(NC(=O)CN2C(=O)S/C(=C\c3c(C)n(CC(=O)Nc4ccc5c(c4)OCO5)c4ccccc34)C2=O)cc1C. The second-order valence-electron chi connectivity index (χ2n) is 10.3. The van der Waals surface area contributed by atoms with Gasteiger partial charge in [0.05, 0.1) is 4.91 Å². The van der Waals surface area contributed by atoms with Crippen LogP contribution in [0.5, 0.6) is 11.5 Å². The van der Waals surface area contributed by atoms with Gasteiger partial charge in [-0.05, 0) is 80.1 Å². The number of hydrogen-bond donors (Lipinski definition) is 2. The Kier molecular flexibility index (Phi) is 7.41. The number of rotatable bonds is 7. The molecule has 3 heterocycles. The fourth-order valence-corrected chi connectivity index (χ4v) is 5.91. The number of aromatic nitrogens is 1. The molecular weight excluding hydrogens is 568 g/mol. The van der Waals surface area contributed by atoms with E-state index in [0.29, 0.717) is 22.9 Å². The van der Waals surface area contributed by atoms with Crippen LogP contribution in [0.4, 0.5) is 16.2 Å². The molecule has 0 unspecified atom stereocenters. The van der Waals surface area contributed by atoms with Crippen molar-refractivity contribution in [3.8, 4) is 11.5 Å². The van der Waals surface area contributed by atoms with E-state index in [-0.39, 0.29) is 24.2 Å². The van der Waals surface area contributed by atoms with Gasteiger partial charge < -0.3 is 24.7 Å². The van der Waals surface area contributed by atoms with Crippen LogP contribution in [-0.4, -0.2) is 45.8 Å². The highest BCUT2D eigenvalue weighted by Gasteiger charge is 2.36. The Labute approximate surface area is 251 Å². The highest BCUT2D eigenvalue weighted by Crippen LogP contribution is 2.36. The van der Waals surface area contributed by atoms with Gasteiger partial charge in [-0.1, -0.05) is 24.3 Å². The minimum absolute atomic E-state index is 0.0226. The first-order chi connectivity index (χ1) is 20.7. The number of ether oxygens (including phenoxy) is 2. The first-order valence-electron chi connectivity index (χ1n) is 13.6. The van der Waals surface area contributed by atoms with Crippen molar-refractivity contribution in [1.82, 2.24) is 9.47 Å². The number of nitrogens with one attached hydrogen (secondary N) is 2. The number of thioether (sulfide) groups is 1. The number of nitrogens with zero attached hydrogens (tertiary/aromatic N) is 2. The maximum atomic E-state index is 13.3. The van der Waals surface area contributed by atoms with E-state index >= 15 is 0 Å². The summed E-state index contributed by atoms with van der Waals surface area (Å²) in [7, 11) is 0. The van der Waals surface area contributed by atoms with E-state index in [2.05, 4.69) is 10.6 Å². The molecule has 4 amide bonds. The molecule has 0 spiro atoms. The molecule has 0 radical (unpaired) electrons.